The molecule has 4 nitrogen and oxygen atoms in total. The van der Waals surface area contributed by atoms with Crippen molar-refractivity contribution in [2.75, 3.05) is 11.9 Å². The van der Waals surface area contributed by atoms with Crippen LogP contribution in [-0.4, -0.2) is 18.3 Å². The van der Waals surface area contributed by atoms with E-state index in [9.17, 15) is 9.59 Å². The number of anilines is 1. The maximum atomic E-state index is 12.0. The molecule has 0 bridgehead atoms. The number of amides is 1. The van der Waals surface area contributed by atoms with Gasteiger partial charge in [-0.15, -0.1) is 0 Å². The average Bonchev–Trinajstić information content (AvgIpc) is 2.68. The molecule has 0 heterocycles. The molecule has 0 aliphatic rings. The molecule has 0 aliphatic carbocycles. The lowest BCUT2D eigenvalue weighted by atomic mass is 10.1. The number of carbonyl (C=O) groups excluding carboxylic acids is 2. The standard InChI is InChI=1S/C22H19NO3/c1-16(24)17-7-11-20(12-8-17)23-22(25)15-26-21-13-9-19(10-14-21)18-5-3-2-4-6-18/h2-14H,15H2,1H3,(H,23,25). The van der Waals surface area contributed by atoms with Crippen LogP contribution in [0.3, 0.4) is 0 Å². The van der Waals surface area contributed by atoms with Crippen LogP contribution in [0, 0.1) is 0 Å². The predicted molar refractivity (Wildman–Crippen MR) is 102 cm³/mol. The van der Waals surface area contributed by atoms with Gasteiger partial charge in [0.2, 0.25) is 0 Å². The van der Waals surface area contributed by atoms with Crippen LogP contribution < -0.4 is 10.1 Å². The van der Waals surface area contributed by atoms with E-state index in [2.05, 4.69) is 5.32 Å². The van der Waals surface area contributed by atoms with Crippen molar-refractivity contribution in [1.29, 1.82) is 0 Å². The molecule has 0 aromatic heterocycles. The molecule has 130 valence electrons. The Morgan fingerprint density at radius 1 is 0.808 bits per heavy atom. The molecule has 0 saturated carbocycles. The Kier molecular flexibility index (Phi) is 5.44. The van der Waals surface area contributed by atoms with E-state index >= 15 is 0 Å². The lowest BCUT2D eigenvalue weighted by Gasteiger charge is -2.09. The Bertz CT molecular complexity index is 885. The zero-order valence-electron chi connectivity index (χ0n) is 14.4. The number of ether oxygens (including phenoxy) is 1. The number of benzene rings is 3. The second kappa shape index (κ2) is 8.12. The van der Waals surface area contributed by atoms with Crippen LogP contribution >= 0.6 is 0 Å². The van der Waals surface area contributed by atoms with Gasteiger partial charge in [0, 0.05) is 11.3 Å². The van der Waals surface area contributed by atoms with Crippen molar-refractivity contribution in [2.45, 2.75) is 6.92 Å². The first-order valence-electron chi connectivity index (χ1n) is 8.31. The first-order valence-corrected chi connectivity index (χ1v) is 8.31. The molecular weight excluding hydrogens is 326 g/mol. The van der Waals surface area contributed by atoms with Crippen LogP contribution in [-0.2, 0) is 4.79 Å². The summed E-state index contributed by atoms with van der Waals surface area (Å²) in [5.74, 6) is 0.365. The quantitative estimate of drug-likeness (QED) is 0.666. The minimum absolute atomic E-state index is 0.00911. The normalized spacial score (nSPS) is 10.2. The highest BCUT2D eigenvalue weighted by atomic mass is 16.5. The minimum Gasteiger partial charge on any atom is -0.484 e. The van der Waals surface area contributed by atoms with E-state index in [4.69, 9.17) is 4.74 Å². The molecule has 4 heteroatoms. The molecule has 0 radical (unpaired) electrons. The smallest absolute Gasteiger partial charge is 0.262 e. The van der Waals surface area contributed by atoms with Crippen molar-refractivity contribution in [3.8, 4) is 16.9 Å². The first kappa shape index (κ1) is 17.4. The van der Waals surface area contributed by atoms with Gasteiger partial charge in [0.15, 0.2) is 12.4 Å². The molecule has 0 saturated heterocycles. The third-order valence-electron chi connectivity index (χ3n) is 3.91. The molecule has 0 aliphatic heterocycles. The number of Topliss-reactive ketones (excluding diaryl/α,β-unsaturated/α-hetero) is 1. The highest BCUT2D eigenvalue weighted by Gasteiger charge is 2.05. The van der Waals surface area contributed by atoms with E-state index in [0.717, 1.165) is 11.1 Å². The molecule has 1 amide bonds. The van der Waals surface area contributed by atoms with Crippen molar-refractivity contribution >= 4 is 17.4 Å². The monoisotopic (exact) mass is 345 g/mol. The lowest BCUT2D eigenvalue weighted by Crippen LogP contribution is -2.20. The molecule has 26 heavy (non-hydrogen) atoms. The topological polar surface area (TPSA) is 55.4 Å². The molecule has 3 aromatic carbocycles. The second-order valence-electron chi connectivity index (χ2n) is 5.86. The molecule has 1 N–H and O–H groups in total. The van der Waals surface area contributed by atoms with Gasteiger partial charge in [-0.3, -0.25) is 9.59 Å². The minimum atomic E-state index is -0.257. The van der Waals surface area contributed by atoms with Gasteiger partial charge in [-0.25, -0.2) is 0 Å². The Labute approximate surface area is 152 Å². The number of carbonyl (C=O) groups is 2. The van der Waals surface area contributed by atoms with E-state index < -0.39 is 0 Å². The maximum absolute atomic E-state index is 12.0. The fraction of sp³-hybridized carbons (Fsp3) is 0.0909. The van der Waals surface area contributed by atoms with E-state index in [1.54, 1.807) is 24.3 Å². The number of rotatable bonds is 6. The number of nitrogens with one attached hydrogen (secondary N) is 1. The summed E-state index contributed by atoms with van der Waals surface area (Å²) in [6.07, 6.45) is 0. The molecule has 3 aromatic rings. The summed E-state index contributed by atoms with van der Waals surface area (Å²) in [4.78, 5) is 23.2. The van der Waals surface area contributed by atoms with Crippen molar-refractivity contribution in [3.05, 3.63) is 84.4 Å². The maximum Gasteiger partial charge on any atom is 0.262 e. The molecule has 0 unspecified atom stereocenters. The summed E-state index contributed by atoms with van der Waals surface area (Å²) < 4.78 is 5.53. The Hall–Kier alpha value is -3.40. The number of hydrogen-bond donors (Lipinski definition) is 1. The van der Waals surface area contributed by atoms with Crippen LogP contribution in [0.4, 0.5) is 5.69 Å². The van der Waals surface area contributed by atoms with E-state index in [1.165, 1.54) is 6.92 Å². The molecule has 0 spiro atoms. The summed E-state index contributed by atoms with van der Waals surface area (Å²) in [6.45, 7) is 1.42. The Morgan fingerprint density at radius 3 is 2.04 bits per heavy atom. The van der Waals surface area contributed by atoms with Gasteiger partial charge in [-0.05, 0) is 54.4 Å². The fourth-order valence-electron chi connectivity index (χ4n) is 2.51. The SMILES string of the molecule is CC(=O)c1ccc(NC(=O)COc2ccc(-c3ccccc3)cc2)cc1. The number of ketones is 1. The van der Waals surface area contributed by atoms with Crippen molar-refractivity contribution in [3.63, 3.8) is 0 Å². The van der Waals surface area contributed by atoms with Gasteiger partial charge < -0.3 is 10.1 Å². The highest BCUT2D eigenvalue weighted by molar-refractivity contribution is 5.95. The third-order valence-corrected chi connectivity index (χ3v) is 3.91. The Balaban J connectivity index is 1.53. The van der Waals surface area contributed by atoms with Gasteiger partial charge in [0.1, 0.15) is 5.75 Å². The molecule has 0 atom stereocenters. The lowest BCUT2D eigenvalue weighted by molar-refractivity contribution is -0.118. The summed E-state index contributed by atoms with van der Waals surface area (Å²) in [5.41, 5.74) is 3.46. The van der Waals surface area contributed by atoms with Crippen LogP contribution in [0.15, 0.2) is 78.9 Å². The summed E-state index contributed by atoms with van der Waals surface area (Å²) in [6, 6.07) is 24.4. The Morgan fingerprint density at radius 2 is 1.42 bits per heavy atom. The molecule has 3 rings (SSSR count). The summed E-state index contributed by atoms with van der Waals surface area (Å²) >= 11 is 0. The van der Waals surface area contributed by atoms with Crippen molar-refractivity contribution in [2.24, 2.45) is 0 Å². The molecule has 0 fully saturated rings. The van der Waals surface area contributed by atoms with Crippen LogP contribution in [0.25, 0.3) is 11.1 Å². The first-order chi connectivity index (χ1) is 12.6. The highest BCUT2D eigenvalue weighted by Crippen LogP contribution is 2.22. The van der Waals surface area contributed by atoms with Gasteiger partial charge in [-0.1, -0.05) is 42.5 Å². The third kappa shape index (κ3) is 4.57. The van der Waals surface area contributed by atoms with Gasteiger partial charge in [-0.2, -0.15) is 0 Å². The van der Waals surface area contributed by atoms with Gasteiger partial charge in [0.25, 0.3) is 5.91 Å². The fourth-order valence-corrected chi connectivity index (χ4v) is 2.51. The largest absolute Gasteiger partial charge is 0.484 e. The predicted octanol–water partition coefficient (Wildman–Crippen LogP) is 4.57. The number of hydrogen-bond acceptors (Lipinski definition) is 3. The van der Waals surface area contributed by atoms with Crippen molar-refractivity contribution < 1.29 is 14.3 Å². The summed E-state index contributed by atoms with van der Waals surface area (Å²) in [7, 11) is 0. The zero-order chi connectivity index (χ0) is 18.4. The van der Waals surface area contributed by atoms with E-state index in [0.29, 0.717) is 17.0 Å². The van der Waals surface area contributed by atoms with Crippen LogP contribution in [0.2, 0.25) is 0 Å². The van der Waals surface area contributed by atoms with E-state index in [-0.39, 0.29) is 18.3 Å². The van der Waals surface area contributed by atoms with Crippen molar-refractivity contribution in [1.82, 2.24) is 0 Å². The zero-order valence-corrected chi connectivity index (χ0v) is 14.4. The van der Waals surface area contributed by atoms with Crippen LogP contribution in [0.1, 0.15) is 17.3 Å². The van der Waals surface area contributed by atoms with E-state index in [1.807, 2.05) is 54.6 Å². The van der Waals surface area contributed by atoms with Crippen LogP contribution in [0.5, 0.6) is 5.75 Å². The molecular formula is C22H19NO3. The average molecular weight is 345 g/mol. The second-order valence-corrected chi connectivity index (χ2v) is 5.86. The van der Waals surface area contributed by atoms with Gasteiger partial charge >= 0.3 is 0 Å². The summed E-state index contributed by atoms with van der Waals surface area (Å²) in [5, 5.41) is 2.74. The van der Waals surface area contributed by atoms with Gasteiger partial charge in [0.05, 0.1) is 0 Å².